The highest BCUT2D eigenvalue weighted by Gasteiger charge is 2.50. The van der Waals surface area contributed by atoms with Crippen LogP contribution in [0, 0.1) is 0 Å². The molecule has 2 fully saturated rings. The first kappa shape index (κ1) is 9.93. The van der Waals surface area contributed by atoms with Gasteiger partial charge in [-0.25, -0.2) is 0 Å². The molecule has 2 atom stereocenters. The first-order valence-electron chi connectivity index (χ1n) is 5.25. The lowest BCUT2D eigenvalue weighted by atomic mass is 9.97. The fraction of sp³-hybridized carbons (Fsp3) is 0.900. The van der Waals surface area contributed by atoms with Crippen molar-refractivity contribution in [3.05, 3.63) is 0 Å². The minimum Gasteiger partial charge on any atom is -0.544 e. The van der Waals surface area contributed by atoms with E-state index < -0.39 is 5.97 Å². The average Bonchev–Trinajstić information content (AvgIpc) is 2.30. The number of piperidine rings is 1. The lowest BCUT2D eigenvalue weighted by molar-refractivity contribution is -0.944. The lowest BCUT2D eigenvalue weighted by Gasteiger charge is -2.46. The summed E-state index contributed by atoms with van der Waals surface area (Å²) in [6.07, 6.45) is 3.37. The normalized spacial score (nSPS) is 46.6. The van der Waals surface area contributed by atoms with Crippen molar-refractivity contribution in [2.45, 2.75) is 43.9 Å². The molecule has 0 spiro atoms. The van der Waals surface area contributed by atoms with Crippen LogP contribution in [0.5, 0.6) is 0 Å². The summed E-state index contributed by atoms with van der Waals surface area (Å²) < 4.78 is 0.583. The van der Waals surface area contributed by atoms with Crippen molar-refractivity contribution in [3.63, 3.8) is 0 Å². The number of aliphatic hydroxyl groups is 1. The highest BCUT2D eigenvalue weighted by atomic mass is 16.4. The van der Waals surface area contributed by atoms with Crippen LogP contribution in [-0.4, -0.2) is 47.3 Å². The number of carbonyl (C=O) groups is 1. The Kier molecular flexibility index (Phi) is 2.27. The summed E-state index contributed by atoms with van der Waals surface area (Å²) in [7, 11) is 1.99. The largest absolute Gasteiger partial charge is 0.544 e. The minimum absolute atomic E-state index is 0.0993. The molecule has 4 nitrogen and oxygen atoms in total. The maximum atomic E-state index is 10.7. The van der Waals surface area contributed by atoms with Crippen LogP contribution >= 0.6 is 0 Å². The number of aliphatic carboxylic acids is 1. The molecule has 2 unspecified atom stereocenters. The second kappa shape index (κ2) is 3.21. The van der Waals surface area contributed by atoms with Gasteiger partial charge in [-0.05, 0) is 0 Å². The predicted octanol–water partition coefficient (Wildman–Crippen LogP) is -1.13. The van der Waals surface area contributed by atoms with Gasteiger partial charge in [0.15, 0.2) is 0 Å². The van der Waals surface area contributed by atoms with Crippen molar-refractivity contribution >= 4 is 5.97 Å². The van der Waals surface area contributed by atoms with E-state index in [1.54, 1.807) is 0 Å². The van der Waals surface area contributed by atoms with Crippen molar-refractivity contribution in [1.82, 2.24) is 0 Å². The predicted molar refractivity (Wildman–Crippen MR) is 48.1 cm³/mol. The quantitative estimate of drug-likeness (QED) is 0.572. The Balaban J connectivity index is 2.16. The molecule has 0 aromatic heterocycles. The molecule has 0 radical (unpaired) electrons. The topological polar surface area (TPSA) is 60.4 Å². The Morgan fingerprint density at radius 2 is 1.93 bits per heavy atom. The molecule has 14 heavy (non-hydrogen) atoms. The second-order valence-electron chi connectivity index (χ2n) is 4.89. The number of aliphatic hydroxyl groups excluding tert-OH is 1. The van der Waals surface area contributed by atoms with Crippen LogP contribution in [0.2, 0.25) is 0 Å². The number of fused-ring (bicyclic) bond motifs is 2. The summed E-state index contributed by atoms with van der Waals surface area (Å²) in [5, 5.41) is 20.3. The molecule has 1 N–H and O–H groups in total. The van der Waals surface area contributed by atoms with Gasteiger partial charge in [0.25, 0.3) is 0 Å². The van der Waals surface area contributed by atoms with E-state index in [0.29, 0.717) is 16.6 Å². The Morgan fingerprint density at radius 3 is 2.36 bits per heavy atom. The number of likely N-dealkylation sites (N-methyl/N-ethyl adjacent to an activating group) is 1. The van der Waals surface area contributed by atoms with Crippen LogP contribution < -0.4 is 5.11 Å². The molecule has 0 aromatic carbocycles. The second-order valence-corrected chi connectivity index (χ2v) is 4.89. The molecule has 4 heteroatoms. The molecule has 2 rings (SSSR count). The number of carbonyl (C=O) groups excluding carboxylic acids is 1. The summed E-state index contributed by atoms with van der Waals surface area (Å²) in [5.41, 5.74) is 0. The number of hydrogen-bond acceptors (Lipinski definition) is 3. The Labute approximate surface area is 83.7 Å². The highest BCUT2D eigenvalue weighted by Crippen LogP contribution is 2.40. The van der Waals surface area contributed by atoms with Gasteiger partial charge in [0, 0.05) is 25.7 Å². The fourth-order valence-corrected chi connectivity index (χ4v) is 3.25. The van der Waals surface area contributed by atoms with Crippen LogP contribution in [0.1, 0.15) is 25.7 Å². The van der Waals surface area contributed by atoms with E-state index in [1.165, 1.54) is 0 Å². The SMILES string of the molecule is C[N+]1(CC(=O)[O-])C2CCC1CC(O)C2. The molecule has 2 saturated heterocycles. The van der Waals surface area contributed by atoms with Gasteiger partial charge in [0.1, 0.15) is 6.54 Å². The van der Waals surface area contributed by atoms with Crippen LogP contribution in [-0.2, 0) is 4.79 Å². The van der Waals surface area contributed by atoms with E-state index >= 15 is 0 Å². The molecule has 2 aliphatic rings. The molecule has 0 amide bonds. The van der Waals surface area contributed by atoms with Crippen molar-refractivity contribution < 1.29 is 19.5 Å². The zero-order valence-corrected chi connectivity index (χ0v) is 8.48. The summed E-state index contributed by atoms with van der Waals surface area (Å²) >= 11 is 0. The molecular formula is C10H17NO3. The molecule has 2 bridgehead atoms. The van der Waals surface area contributed by atoms with E-state index in [1.807, 2.05) is 7.05 Å². The monoisotopic (exact) mass is 199 g/mol. The Morgan fingerprint density at radius 1 is 1.43 bits per heavy atom. The van der Waals surface area contributed by atoms with Gasteiger partial charge < -0.3 is 19.5 Å². The number of hydrogen-bond donors (Lipinski definition) is 1. The van der Waals surface area contributed by atoms with E-state index in [4.69, 9.17) is 0 Å². The van der Waals surface area contributed by atoms with Gasteiger partial charge in [-0.2, -0.15) is 0 Å². The minimum atomic E-state index is -0.971. The third-order valence-corrected chi connectivity index (χ3v) is 4.06. The lowest BCUT2D eigenvalue weighted by Crippen LogP contribution is -2.62. The zero-order chi connectivity index (χ0) is 10.3. The number of carboxylic acid groups (broad SMARTS) is 1. The average molecular weight is 199 g/mol. The molecule has 0 saturated carbocycles. The summed E-state index contributed by atoms with van der Waals surface area (Å²) in [4.78, 5) is 10.7. The molecule has 0 aromatic rings. The van der Waals surface area contributed by atoms with Crippen LogP contribution in [0.15, 0.2) is 0 Å². The maximum Gasteiger partial charge on any atom is 0.119 e. The van der Waals surface area contributed by atoms with Gasteiger partial charge in [-0.3, -0.25) is 0 Å². The number of rotatable bonds is 2. The van der Waals surface area contributed by atoms with Crippen LogP contribution in [0.3, 0.4) is 0 Å². The zero-order valence-electron chi connectivity index (χ0n) is 8.48. The van der Waals surface area contributed by atoms with Crippen molar-refractivity contribution in [1.29, 1.82) is 0 Å². The molecular weight excluding hydrogens is 182 g/mol. The van der Waals surface area contributed by atoms with E-state index in [2.05, 4.69) is 0 Å². The fourth-order valence-electron chi connectivity index (χ4n) is 3.25. The van der Waals surface area contributed by atoms with E-state index in [-0.39, 0.29) is 12.6 Å². The van der Waals surface area contributed by atoms with Crippen molar-refractivity contribution in [2.24, 2.45) is 0 Å². The van der Waals surface area contributed by atoms with Gasteiger partial charge in [0.05, 0.1) is 31.2 Å². The third-order valence-electron chi connectivity index (χ3n) is 4.06. The third kappa shape index (κ3) is 1.42. The number of nitrogens with zero attached hydrogens (tertiary/aromatic N) is 1. The van der Waals surface area contributed by atoms with E-state index in [0.717, 1.165) is 25.7 Å². The number of carboxylic acids is 1. The highest BCUT2D eigenvalue weighted by molar-refractivity contribution is 5.65. The standard InChI is InChI=1S/C10H17NO3/c1-11(6-10(13)14)7-2-3-8(11)5-9(12)4-7/h7-9,12H,2-6H2,1H3. The van der Waals surface area contributed by atoms with Gasteiger partial charge in [0.2, 0.25) is 0 Å². The van der Waals surface area contributed by atoms with Crippen molar-refractivity contribution in [2.75, 3.05) is 13.6 Å². The number of quaternary nitrogens is 1. The summed E-state index contributed by atoms with van der Waals surface area (Å²) in [6.45, 7) is 0.0993. The first-order chi connectivity index (χ1) is 6.52. The molecule has 0 aliphatic carbocycles. The molecule has 80 valence electrons. The Hall–Kier alpha value is -0.610. The first-order valence-corrected chi connectivity index (χ1v) is 5.25. The van der Waals surface area contributed by atoms with Crippen LogP contribution in [0.4, 0.5) is 0 Å². The molecule has 2 heterocycles. The van der Waals surface area contributed by atoms with E-state index in [9.17, 15) is 15.0 Å². The smallest absolute Gasteiger partial charge is 0.119 e. The molecule has 2 aliphatic heterocycles. The van der Waals surface area contributed by atoms with Gasteiger partial charge >= 0.3 is 0 Å². The summed E-state index contributed by atoms with van der Waals surface area (Å²) in [5.74, 6) is -0.971. The van der Waals surface area contributed by atoms with Crippen LogP contribution in [0.25, 0.3) is 0 Å². The van der Waals surface area contributed by atoms with Gasteiger partial charge in [-0.1, -0.05) is 0 Å². The Bertz CT molecular complexity index is 240. The maximum absolute atomic E-state index is 10.7. The van der Waals surface area contributed by atoms with Gasteiger partial charge in [-0.15, -0.1) is 0 Å². The van der Waals surface area contributed by atoms with Crippen molar-refractivity contribution in [3.8, 4) is 0 Å². The summed E-state index contributed by atoms with van der Waals surface area (Å²) in [6, 6.07) is 0.642.